The van der Waals surface area contributed by atoms with Crippen LogP contribution >= 0.6 is 31.9 Å². The molecule has 2 rings (SSSR count). The molecule has 0 radical (unpaired) electrons. The molecule has 106 valence electrons. The smallest absolute Gasteiger partial charge is 0.123 e. The Bertz CT molecular complexity index is 590. The number of hydrogen-bond acceptors (Lipinski definition) is 2. The third-order valence-corrected chi connectivity index (χ3v) is 4.44. The van der Waals surface area contributed by atoms with E-state index in [4.69, 9.17) is 0 Å². The Kier molecular flexibility index (Phi) is 5.69. The van der Waals surface area contributed by atoms with Gasteiger partial charge in [-0.3, -0.25) is 4.98 Å². The second-order valence-corrected chi connectivity index (χ2v) is 6.13. The van der Waals surface area contributed by atoms with Crippen molar-refractivity contribution in [2.45, 2.75) is 19.4 Å². The number of pyridine rings is 1. The molecule has 2 nitrogen and oxygen atoms in total. The molecule has 1 N–H and O–H groups in total. The number of aromatic nitrogens is 1. The SMILES string of the molecule is CCNC(Cc1cc(F)ccc1Br)c1ncccc1Br. The maximum Gasteiger partial charge on any atom is 0.123 e. The van der Waals surface area contributed by atoms with E-state index in [1.807, 2.05) is 19.1 Å². The Morgan fingerprint density at radius 2 is 2.05 bits per heavy atom. The highest BCUT2D eigenvalue weighted by Gasteiger charge is 2.17. The molecule has 0 spiro atoms. The third kappa shape index (κ3) is 3.87. The van der Waals surface area contributed by atoms with Gasteiger partial charge >= 0.3 is 0 Å². The lowest BCUT2D eigenvalue weighted by molar-refractivity contribution is 0.531. The molecule has 0 saturated carbocycles. The molecule has 0 bridgehead atoms. The quantitative estimate of drug-likeness (QED) is 0.789. The zero-order valence-electron chi connectivity index (χ0n) is 11.0. The first-order valence-corrected chi connectivity index (χ1v) is 7.98. The monoisotopic (exact) mass is 400 g/mol. The van der Waals surface area contributed by atoms with Crippen LogP contribution in [0.25, 0.3) is 0 Å². The lowest BCUT2D eigenvalue weighted by atomic mass is 10.0. The van der Waals surface area contributed by atoms with Crippen LogP contribution in [0.1, 0.15) is 24.2 Å². The van der Waals surface area contributed by atoms with Gasteiger partial charge in [0.25, 0.3) is 0 Å². The van der Waals surface area contributed by atoms with Crippen LogP contribution in [0.5, 0.6) is 0 Å². The molecule has 1 aromatic heterocycles. The van der Waals surface area contributed by atoms with E-state index >= 15 is 0 Å². The molecule has 0 amide bonds. The molecule has 2 aromatic rings. The van der Waals surface area contributed by atoms with Crippen molar-refractivity contribution < 1.29 is 4.39 Å². The van der Waals surface area contributed by atoms with Gasteiger partial charge in [-0.15, -0.1) is 0 Å². The largest absolute Gasteiger partial charge is 0.309 e. The van der Waals surface area contributed by atoms with Crippen LogP contribution in [0.3, 0.4) is 0 Å². The summed E-state index contributed by atoms with van der Waals surface area (Å²) >= 11 is 7.00. The number of nitrogens with zero attached hydrogens (tertiary/aromatic N) is 1. The molecule has 0 aliphatic rings. The van der Waals surface area contributed by atoms with E-state index in [2.05, 4.69) is 42.2 Å². The number of benzene rings is 1. The van der Waals surface area contributed by atoms with Crippen LogP contribution in [0.2, 0.25) is 0 Å². The normalized spacial score (nSPS) is 12.4. The molecule has 5 heteroatoms. The van der Waals surface area contributed by atoms with Gasteiger partial charge in [-0.25, -0.2) is 4.39 Å². The summed E-state index contributed by atoms with van der Waals surface area (Å²) in [6.07, 6.45) is 2.44. The van der Waals surface area contributed by atoms with Crippen molar-refractivity contribution in [1.29, 1.82) is 0 Å². The fourth-order valence-corrected chi connectivity index (χ4v) is 3.03. The Hall–Kier alpha value is -0.780. The Balaban J connectivity index is 2.30. The van der Waals surface area contributed by atoms with Crippen LogP contribution in [0.4, 0.5) is 4.39 Å². The Morgan fingerprint density at radius 3 is 2.75 bits per heavy atom. The van der Waals surface area contributed by atoms with E-state index in [9.17, 15) is 4.39 Å². The topological polar surface area (TPSA) is 24.9 Å². The second-order valence-electron chi connectivity index (χ2n) is 4.42. The number of likely N-dealkylation sites (N-methyl/N-ethyl adjacent to an activating group) is 1. The van der Waals surface area contributed by atoms with E-state index in [1.165, 1.54) is 6.07 Å². The van der Waals surface area contributed by atoms with Gasteiger partial charge < -0.3 is 5.32 Å². The van der Waals surface area contributed by atoms with Crippen molar-refractivity contribution in [1.82, 2.24) is 10.3 Å². The maximum absolute atomic E-state index is 13.4. The molecule has 20 heavy (non-hydrogen) atoms. The minimum absolute atomic E-state index is 0.0358. The van der Waals surface area contributed by atoms with Gasteiger partial charge in [0.05, 0.1) is 11.7 Å². The van der Waals surface area contributed by atoms with Crippen LogP contribution in [0, 0.1) is 5.82 Å². The van der Waals surface area contributed by atoms with Crippen molar-refractivity contribution in [3.8, 4) is 0 Å². The average molecular weight is 402 g/mol. The Morgan fingerprint density at radius 1 is 1.25 bits per heavy atom. The van der Waals surface area contributed by atoms with Crippen molar-refractivity contribution >= 4 is 31.9 Å². The third-order valence-electron chi connectivity index (χ3n) is 3.00. The number of nitrogens with one attached hydrogen (secondary N) is 1. The Labute approximate surface area is 135 Å². The van der Waals surface area contributed by atoms with E-state index in [-0.39, 0.29) is 11.9 Å². The first-order valence-electron chi connectivity index (χ1n) is 6.39. The van der Waals surface area contributed by atoms with E-state index in [1.54, 1.807) is 18.3 Å². The lowest BCUT2D eigenvalue weighted by Crippen LogP contribution is -2.24. The lowest BCUT2D eigenvalue weighted by Gasteiger charge is -2.19. The summed E-state index contributed by atoms with van der Waals surface area (Å²) in [6.45, 7) is 2.87. The van der Waals surface area contributed by atoms with Crippen LogP contribution in [-0.4, -0.2) is 11.5 Å². The van der Waals surface area contributed by atoms with Gasteiger partial charge in [0.15, 0.2) is 0 Å². The van der Waals surface area contributed by atoms with Gasteiger partial charge in [-0.1, -0.05) is 22.9 Å². The molecule has 0 aliphatic carbocycles. The van der Waals surface area contributed by atoms with Crippen LogP contribution in [-0.2, 0) is 6.42 Å². The summed E-state index contributed by atoms with van der Waals surface area (Å²) in [6, 6.07) is 8.63. The molecular formula is C15H15Br2FN2. The average Bonchev–Trinajstić information content (AvgIpc) is 2.43. The second kappa shape index (κ2) is 7.29. The first kappa shape index (κ1) is 15.6. The minimum atomic E-state index is -0.224. The standard InChI is InChI=1S/C15H15Br2FN2/c1-2-19-14(15-13(17)4-3-7-20-15)9-10-8-11(18)5-6-12(10)16/h3-8,14,19H,2,9H2,1H3. The first-order chi connectivity index (χ1) is 9.61. The molecular weight excluding hydrogens is 387 g/mol. The molecule has 1 unspecified atom stereocenters. The van der Waals surface area contributed by atoms with E-state index in [0.29, 0.717) is 6.42 Å². The fraction of sp³-hybridized carbons (Fsp3) is 0.267. The maximum atomic E-state index is 13.4. The van der Waals surface area contributed by atoms with Crippen molar-refractivity contribution in [2.24, 2.45) is 0 Å². The highest BCUT2D eigenvalue weighted by molar-refractivity contribution is 9.10. The van der Waals surface area contributed by atoms with Gasteiger partial charge in [0.1, 0.15) is 5.82 Å². The van der Waals surface area contributed by atoms with Gasteiger partial charge in [-0.05, 0) is 64.8 Å². The van der Waals surface area contributed by atoms with Crippen LogP contribution < -0.4 is 5.32 Å². The summed E-state index contributed by atoms with van der Waals surface area (Å²) in [5.74, 6) is -0.224. The van der Waals surface area contributed by atoms with Crippen molar-refractivity contribution in [3.63, 3.8) is 0 Å². The molecule has 1 aromatic carbocycles. The summed E-state index contributed by atoms with van der Waals surface area (Å²) in [4.78, 5) is 4.43. The highest BCUT2D eigenvalue weighted by atomic mass is 79.9. The summed E-state index contributed by atoms with van der Waals surface area (Å²) in [5.41, 5.74) is 1.86. The van der Waals surface area contributed by atoms with Gasteiger partial charge in [0, 0.05) is 15.1 Å². The van der Waals surface area contributed by atoms with Crippen LogP contribution in [0.15, 0.2) is 45.5 Å². The van der Waals surface area contributed by atoms with E-state index < -0.39 is 0 Å². The molecule has 1 heterocycles. The number of halogens is 3. The zero-order valence-corrected chi connectivity index (χ0v) is 14.2. The highest BCUT2D eigenvalue weighted by Crippen LogP contribution is 2.27. The minimum Gasteiger partial charge on any atom is -0.309 e. The predicted molar refractivity (Wildman–Crippen MR) is 86.2 cm³/mol. The number of hydrogen-bond donors (Lipinski definition) is 1. The van der Waals surface area contributed by atoms with Gasteiger partial charge in [-0.2, -0.15) is 0 Å². The molecule has 0 saturated heterocycles. The van der Waals surface area contributed by atoms with Crippen molar-refractivity contribution in [3.05, 3.63) is 62.5 Å². The van der Waals surface area contributed by atoms with E-state index in [0.717, 1.165) is 26.7 Å². The molecule has 1 atom stereocenters. The number of rotatable bonds is 5. The predicted octanol–water partition coefficient (Wildman–Crippen LogP) is 4.64. The zero-order chi connectivity index (χ0) is 14.5. The summed E-state index contributed by atoms with van der Waals surface area (Å²) in [7, 11) is 0. The summed E-state index contributed by atoms with van der Waals surface area (Å²) < 4.78 is 15.3. The molecule has 0 fully saturated rings. The van der Waals surface area contributed by atoms with Gasteiger partial charge in [0.2, 0.25) is 0 Å². The fourth-order valence-electron chi connectivity index (χ4n) is 2.09. The summed E-state index contributed by atoms with van der Waals surface area (Å²) in [5, 5.41) is 3.40. The van der Waals surface area contributed by atoms with Crippen molar-refractivity contribution in [2.75, 3.05) is 6.54 Å². The molecule has 0 aliphatic heterocycles.